The summed E-state index contributed by atoms with van der Waals surface area (Å²) in [5.41, 5.74) is 0. The van der Waals surface area contributed by atoms with Crippen LogP contribution in [-0.2, 0) is 14.6 Å². The lowest BCUT2D eigenvalue weighted by atomic mass is 10.0. The third-order valence-corrected chi connectivity index (χ3v) is 5.03. The smallest absolute Gasteiger partial charge is 0.219 e. The number of nitrogens with one attached hydrogen (secondary N) is 1. The molecule has 0 aromatic rings. The van der Waals surface area contributed by atoms with Crippen LogP contribution in [0.2, 0.25) is 0 Å². The summed E-state index contributed by atoms with van der Waals surface area (Å²) in [4.78, 5) is 11.3. The summed E-state index contributed by atoms with van der Waals surface area (Å²) in [6.07, 6.45) is 5.17. The molecule has 0 radical (unpaired) electrons. The highest BCUT2D eigenvalue weighted by Crippen LogP contribution is 2.22. The first-order valence-corrected chi connectivity index (χ1v) is 8.33. The molecule has 0 spiro atoms. The van der Waals surface area contributed by atoms with Gasteiger partial charge in [-0.15, -0.1) is 0 Å². The molecule has 1 saturated heterocycles. The lowest BCUT2D eigenvalue weighted by molar-refractivity contribution is -0.121. The highest BCUT2D eigenvalue weighted by Gasteiger charge is 2.27. The molecule has 100 valence electrons. The van der Waals surface area contributed by atoms with E-state index in [-0.39, 0.29) is 5.91 Å². The number of carbonyl (C=O) groups is 1. The third-order valence-electron chi connectivity index (χ3n) is 3.20. The number of sulfone groups is 1. The highest BCUT2D eigenvalue weighted by atomic mass is 32.2. The van der Waals surface area contributed by atoms with Gasteiger partial charge in [-0.1, -0.05) is 13.3 Å². The molecule has 5 heteroatoms. The van der Waals surface area contributed by atoms with Crippen LogP contribution >= 0.6 is 0 Å². The number of amides is 1. The lowest BCUT2D eigenvalue weighted by Gasteiger charge is -2.08. The van der Waals surface area contributed by atoms with Crippen LogP contribution in [0.25, 0.3) is 0 Å². The van der Waals surface area contributed by atoms with Gasteiger partial charge in [-0.2, -0.15) is 0 Å². The minimum absolute atomic E-state index is 0.117. The van der Waals surface area contributed by atoms with E-state index >= 15 is 0 Å². The van der Waals surface area contributed by atoms with Crippen LogP contribution in [0, 0.1) is 5.92 Å². The minimum Gasteiger partial charge on any atom is -0.356 e. The second-order valence-corrected chi connectivity index (χ2v) is 7.09. The van der Waals surface area contributed by atoms with Gasteiger partial charge in [-0.3, -0.25) is 4.79 Å². The Balaban J connectivity index is 2.03. The number of carbonyl (C=O) groups excluding carboxylic acids is 1. The van der Waals surface area contributed by atoms with Gasteiger partial charge in [0.05, 0.1) is 11.5 Å². The molecule has 1 rings (SSSR count). The number of hydrogen-bond acceptors (Lipinski definition) is 3. The van der Waals surface area contributed by atoms with Gasteiger partial charge in [0, 0.05) is 13.0 Å². The van der Waals surface area contributed by atoms with Gasteiger partial charge in [-0.05, 0) is 31.6 Å². The van der Waals surface area contributed by atoms with E-state index in [1.165, 1.54) is 0 Å². The van der Waals surface area contributed by atoms with Crippen LogP contribution in [-0.4, -0.2) is 32.4 Å². The van der Waals surface area contributed by atoms with Gasteiger partial charge in [0.15, 0.2) is 9.84 Å². The maximum Gasteiger partial charge on any atom is 0.219 e. The molecule has 17 heavy (non-hydrogen) atoms. The summed E-state index contributed by atoms with van der Waals surface area (Å²) < 4.78 is 22.5. The Hall–Kier alpha value is -0.580. The van der Waals surface area contributed by atoms with Crippen molar-refractivity contribution in [3.05, 3.63) is 0 Å². The monoisotopic (exact) mass is 261 g/mol. The van der Waals surface area contributed by atoms with Gasteiger partial charge in [0.25, 0.3) is 0 Å². The molecule has 1 atom stereocenters. The minimum atomic E-state index is -2.75. The van der Waals surface area contributed by atoms with Crippen molar-refractivity contribution in [2.24, 2.45) is 5.92 Å². The van der Waals surface area contributed by atoms with Crippen LogP contribution in [0.15, 0.2) is 0 Å². The van der Waals surface area contributed by atoms with Gasteiger partial charge in [0.1, 0.15) is 0 Å². The van der Waals surface area contributed by atoms with Crippen molar-refractivity contribution in [1.82, 2.24) is 5.32 Å². The fraction of sp³-hybridized carbons (Fsp3) is 0.917. The summed E-state index contributed by atoms with van der Waals surface area (Å²) in [7, 11) is -2.75. The average Bonchev–Trinajstić information content (AvgIpc) is 2.61. The molecular weight excluding hydrogens is 238 g/mol. The molecule has 0 saturated carbocycles. The predicted molar refractivity (Wildman–Crippen MR) is 68.5 cm³/mol. The van der Waals surface area contributed by atoms with E-state index in [0.717, 1.165) is 32.1 Å². The van der Waals surface area contributed by atoms with E-state index in [4.69, 9.17) is 0 Å². The van der Waals surface area contributed by atoms with E-state index in [0.29, 0.717) is 30.4 Å². The topological polar surface area (TPSA) is 63.2 Å². The highest BCUT2D eigenvalue weighted by molar-refractivity contribution is 7.91. The summed E-state index contributed by atoms with van der Waals surface area (Å²) in [6.45, 7) is 2.74. The van der Waals surface area contributed by atoms with Crippen molar-refractivity contribution < 1.29 is 13.2 Å². The van der Waals surface area contributed by atoms with Gasteiger partial charge < -0.3 is 5.32 Å². The molecule has 1 heterocycles. The number of hydrogen-bond donors (Lipinski definition) is 1. The van der Waals surface area contributed by atoms with Crippen LogP contribution in [0.5, 0.6) is 0 Å². The van der Waals surface area contributed by atoms with Crippen LogP contribution in [0.4, 0.5) is 0 Å². The molecule has 0 aromatic heterocycles. The van der Waals surface area contributed by atoms with Crippen molar-refractivity contribution in [2.75, 3.05) is 18.1 Å². The zero-order valence-electron chi connectivity index (χ0n) is 10.6. The van der Waals surface area contributed by atoms with E-state index in [1.54, 1.807) is 0 Å². The maximum absolute atomic E-state index is 11.3. The van der Waals surface area contributed by atoms with Gasteiger partial charge >= 0.3 is 0 Å². The zero-order valence-corrected chi connectivity index (χ0v) is 11.4. The van der Waals surface area contributed by atoms with Crippen molar-refractivity contribution in [3.8, 4) is 0 Å². The average molecular weight is 261 g/mol. The molecule has 4 nitrogen and oxygen atoms in total. The second-order valence-electron chi connectivity index (χ2n) is 4.86. The second kappa shape index (κ2) is 6.99. The number of rotatable bonds is 7. The van der Waals surface area contributed by atoms with Crippen molar-refractivity contribution in [3.63, 3.8) is 0 Å². The molecule has 0 bridgehead atoms. The fourth-order valence-corrected chi connectivity index (χ4v) is 4.05. The normalized spacial score (nSPS) is 22.5. The molecular formula is C12H23NO3S. The summed E-state index contributed by atoms with van der Waals surface area (Å²) in [6, 6.07) is 0. The largest absolute Gasteiger partial charge is 0.356 e. The Labute approximate surface area is 104 Å². The van der Waals surface area contributed by atoms with Gasteiger partial charge in [0.2, 0.25) is 5.91 Å². The van der Waals surface area contributed by atoms with E-state index in [1.807, 2.05) is 0 Å². The number of unbranched alkanes of at least 4 members (excludes halogenated alkanes) is 1. The van der Waals surface area contributed by atoms with E-state index in [9.17, 15) is 13.2 Å². The molecule has 1 aliphatic rings. The van der Waals surface area contributed by atoms with Crippen molar-refractivity contribution in [1.29, 1.82) is 0 Å². The fourth-order valence-electron chi connectivity index (χ4n) is 2.14. The Morgan fingerprint density at radius 3 is 2.71 bits per heavy atom. The third kappa shape index (κ3) is 6.05. The van der Waals surface area contributed by atoms with Gasteiger partial charge in [-0.25, -0.2) is 8.42 Å². The summed E-state index contributed by atoms with van der Waals surface area (Å²) in [5, 5.41) is 2.87. The Kier molecular flexibility index (Phi) is 5.95. The van der Waals surface area contributed by atoms with Crippen LogP contribution in [0.3, 0.4) is 0 Å². The maximum atomic E-state index is 11.3. The summed E-state index contributed by atoms with van der Waals surface area (Å²) >= 11 is 0. The molecule has 1 fully saturated rings. The molecule has 1 unspecified atom stereocenters. The standard InChI is InChI=1S/C12H23NO3S/c1-2-3-6-12(14)13-8-4-5-11-7-9-17(15,16)10-11/h11H,2-10H2,1H3,(H,13,14). The van der Waals surface area contributed by atoms with Crippen molar-refractivity contribution >= 4 is 15.7 Å². The Morgan fingerprint density at radius 1 is 1.35 bits per heavy atom. The molecule has 1 aliphatic heterocycles. The van der Waals surface area contributed by atoms with E-state index in [2.05, 4.69) is 12.2 Å². The Bertz CT molecular complexity index is 338. The SMILES string of the molecule is CCCCC(=O)NCCCC1CCS(=O)(=O)C1. The molecule has 1 amide bonds. The first-order chi connectivity index (χ1) is 8.03. The molecule has 1 N–H and O–H groups in total. The van der Waals surface area contributed by atoms with Crippen LogP contribution < -0.4 is 5.32 Å². The van der Waals surface area contributed by atoms with E-state index < -0.39 is 9.84 Å². The van der Waals surface area contributed by atoms with Crippen molar-refractivity contribution in [2.45, 2.75) is 45.4 Å². The Morgan fingerprint density at radius 2 is 2.12 bits per heavy atom. The zero-order chi connectivity index (χ0) is 12.7. The lowest BCUT2D eigenvalue weighted by Crippen LogP contribution is -2.24. The molecule has 0 aliphatic carbocycles. The predicted octanol–water partition coefficient (Wildman–Crippen LogP) is 1.51. The van der Waals surface area contributed by atoms with Crippen LogP contribution in [0.1, 0.15) is 45.4 Å². The first-order valence-electron chi connectivity index (χ1n) is 6.50. The molecule has 0 aromatic carbocycles. The summed E-state index contributed by atoms with van der Waals surface area (Å²) in [5.74, 6) is 1.12. The first kappa shape index (κ1) is 14.5. The quantitative estimate of drug-likeness (QED) is 0.707.